The van der Waals surface area contributed by atoms with E-state index in [9.17, 15) is 0 Å². The number of imidazole rings is 1. The summed E-state index contributed by atoms with van der Waals surface area (Å²) in [4.78, 5) is 6.66. The molecule has 1 N–H and O–H groups in total. The molecule has 0 aliphatic heterocycles. The number of rotatable bonds is 2. The Morgan fingerprint density at radius 2 is 1.07 bits per heavy atom. The highest BCUT2D eigenvalue weighted by molar-refractivity contribution is 5.31. The van der Waals surface area contributed by atoms with E-state index in [-0.39, 0.29) is 0 Å². The van der Waals surface area contributed by atoms with Gasteiger partial charge in [-0.15, -0.1) is 0 Å². The van der Waals surface area contributed by atoms with E-state index in [0.29, 0.717) is 5.92 Å². The number of aromatic nitrogens is 2. The number of aryl methyl sites for hydroxylation is 2. The van der Waals surface area contributed by atoms with Crippen LogP contribution in [0.25, 0.3) is 0 Å². The van der Waals surface area contributed by atoms with E-state index in [1.54, 1.807) is 12.5 Å². The summed E-state index contributed by atoms with van der Waals surface area (Å²) in [7, 11) is 0. The van der Waals surface area contributed by atoms with Gasteiger partial charge in [-0.25, -0.2) is 4.98 Å². The fraction of sp³-hybridized carbons (Fsp3) is 0.222. The van der Waals surface area contributed by atoms with Crippen LogP contribution in [-0.4, -0.2) is 9.97 Å². The standard InChI is InChI=1S/C14H14.C7H8.C4H6N2.C2H6/c1-12(13-8-4-2-5-9-13)14-10-6-3-7-11-14;1-7-5-3-2-4-6-7;1-4-2-5-3-6-4;1-2/h2-12H,1H3;2-6H,1H3;2-3H,1H3,(H,5,6);1-2H3. The summed E-state index contributed by atoms with van der Waals surface area (Å²) in [6, 6.07) is 31.5. The van der Waals surface area contributed by atoms with Crippen molar-refractivity contribution in [1.29, 1.82) is 0 Å². The lowest BCUT2D eigenvalue weighted by molar-refractivity contribution is 0.922. The number of benzene rings is 3. The molecule has 2 nitrogen and oxygen atoms in total. The number of H-pyrrole nitrogens is 1. The van der Waals surface area contributed by atoms with Gasteiger partial charge in [0, 0.05) is 17.8 Å². The number of hydrogen-bond acceptors (Lipinski definition) is 1. The lowest BCUT2D eigenvalue weighted by Crippen LogP contribution is -1.94. The first kappa shape index (κ1) is 23.9. The Balaban J connectivity index is 0.000000234. The van der Waals surface area contributed by atoms with Crippen LogP contribution in [0.4, 0.5) is 0 Å². The van der Waals surface area contributed by atoms with E-state index >= 15 is 0 Å². The monoisotopic (exact) mass is 386 g/mol. The summed E-state index contributed by atoms with van der Waals surface area (Å²) >= 11 is 0. The van der Waals surface area contributed by atoms with Crippen molar-refractivity contribution in [2.75, 3.05) is 0 Å². The smallest absolute Gasteiger partial charge is 0.0921 e. The number of nitrogens with one attached hydrogen (secondary N) is 1. The molecule has 0 bridgehead atoms. The Morgan fingerprint density at radius 1 is 0.655 bits per heavy atom. The van der Waals surface area contributed by atoms with Crippen LogP contribution in [-0.2, 0) is 0 Å². The lowest BCUT2D eigenvalue weighted by atomic mass is 9.93. The van der Waals surface area contributed by atoms with Gasteiger partial charge >= 0.3 is 0 Å². The Hall–Kier alpha value is -3.13. The van der Waals surface area contributed by atoms with E-state index in [4.69, 9.17) is 0 Å². The normalized spacial score (nSPS) is 9.17. The first-order chi connectivity index (χ1) is 14.2. The van der Waals surface area contributed by atoms with Crippen molar-refractivity contribution in [2.45, 2.75) is 40.5 Å². The van der Waals surface area contributed by atoms with E-state index in [2.05, 4.69) is 96.6 Å². The molecule has 0 amide bonds. The SMILES string of the molecule is CC.CC(c1ccccc1)c1ccccc1.Cc1ccccc1.Cc1cnc[nH]1. The van der Waals surface area contributed by atoms with E-state index in [1.165, 1.54) is 16.7 Å². The molecule has 152 valence electrons. The predicted octanol–water partition coefficient (Wildman–Crippen LogP) is 7.58. The Bertz CT molecular complexity index is 799. The van der Waals surface area contributed by atoms with Gasteiger partial charge in [0.25, 0.3) is 0 Å². The highest BCUT2D eigenvalue weighted by Gasteiger charge is 2.05. The van der Waals surface area contributed by atoms with Crippen LogP contribution < -0.4 is 0 Å². The fourth-order valence-corrected chi connectivity index (χ4v) is 2.54. The van der Waals surface area contributed by atoms with E-state index in [1.807, 2.05) is 39.0 Å². The maximum atomic E-state index is 3.77. The number of nitrogens with zero attached hydrogens (tertiary/aromatic N) is 1. The van der Waals surface area contributed by atoms with Gasteiger partial charge in [0.1, 0.15) is 0 Å². The van der Waals surface area contributed by atoms with Crippen molar-refractivity contribution in [3.05, 3.63) is 126 Å². The second-order valence-corrected chi connectivity index (χ2v) is 6.43. The molecule has 0 aliphatic rings. The van der Waals surface area contributed by atoms with E-state index in [0.717, 1.165) is 5.69 Å². The van der Waals surface area contributed by atoms with Crippen LogP contribution in [0.5, 0.6) is 0 Å². The fourth-order valence-electron chi connectivity index (χ4n) is 2.54. The highest BCUT2D eigenvalue weighted by atomic mass is 14.8. The summed E-state index contributed by atoms with van der Waals surface area (Å²) in [5, 5.41) is 0. The van der Waals surface area contributed by atoms with Crippen LogP contribution in [0.15, 0.2) is 104 Å². The molecule has 4 aromatic rings. The van der Waals surface area contributed by atoms with Gasteiger partial charge in [0.05, 0.1) is 6.33 Å². The summed E-state index contributed by atoms with van der Waals surface area (Å²) in [6.07, 6.45) is 3.44. The maximum absolute atomic E-state index is 3.77. The van der Waals surface area contributed by atoms with Gasteiger partial charge in [-0.2, -0.15) is 0 Å². The van der Waals surface area contributed by atoms with Crippen LogP contribution >= 0.6 is 0 Å². The summed E-state index contributed by atoms with van der Waals surface area (Å²) in [6.45, 7) is 10.3. The van der Waals surface area contributed by atoms with Crippen molar-refractivity contribution < 1.29 is 0 Å². The summed E-state index contributed by atoms with van der Waals surface area (Å²) < 4.78 is 0. The van der Waals surface area contributed by atoms with Crippen molar-refractivity contribution in [2.24, 2.45) is 0 Å². The summed E-state index contributed by atoms with van der Waals surface area (Å²) in [5.74, 6) is 0.484. The molecule has 3 aromatic carbocycles. The third-order valence-electron chi connectivity index (χ3n) is 4.17. The quantitative estimate of drug-likeness (QED) is 0.378. The molecule has 0 unspecified atom stereocenters. The second-order valence-electron chi connectivity index (χ2n) is 6.43. The molecule has 29 heavy (non-hydrogen) atoms. The molecule has 4 rings (SSSR count). The highest BCUT2D eigenvalue weighted by Crippen LogP contribution is 2.22. The zero-order valence-electron chi connectivity index (χ0n) is 18.3. The van der Waals surface area contributed by atoms with Crippen molar-refractivity contribution in [3.63, 3.8) is 0 Å². The van der Waals surface area contributed by atoms with Crippen LogP contribution in [0.2, 0.25) is 0 Å². The molecule has 0 spiro atoms. The van der Waals surface area contributed by atoms with Gasteiger partial charge in [0.2, 0.25) is 0 Å². The largest absolute Gasteiger partial charge is 0.349 e. The Labute approximate surface area is 176 Å². The van der Waals surface area contributed by atoms with Gasteiger partial charge in [-0.3, -0.25) is 0 Å². The maximum Gasteiger partial charge on any atom is 0.0921 e. The molecular weight excluding hydrogens is 352 g/mol. The van der Waals surface area contributed by atoms with Gasteiger partial charge in [0.15, 0.2) is 0 Å². The number of hydrogen-bond donors (Lipinski definition) is 1. The minimum absolute atomic E-state index is 0.484. The molecular formula is C27H34N2. The first-order valence-corrected chi connectivity index (χ1v) is 10.2. The van der Waals surface area contributed by atoms with Crippen LogP contribution in [0, 0.1) is 13.8 Å². The third kappa shape index (κ3) is 10.1. The molecule has 0 radical (unpaired) electrons. The molecule has 0 saturated carbocycles. The molecule has 0 fully saturated rings. The Kier molecular flexibility index (Phi) is 12.3. The summed E-state index contributed by atoms with van der Waals surface area (Å²) in [5.41, 5.74) is 5.18. The van der Waals surface area contributed by atoms with Gasteiger partial charge in [-0.1, -0.05) is 117 Å². The van der Waals surface area contributed by atoms with E-state index < -0.39 is 0 Å². The Morgan fingerprint density at radius 3 is 1.31 bits per heavy atom. The van der Waals surface area contributed by atoms with Crippen molar-refractivity contribution in [3.8, 4) is 0 Å². The average Bonchev–Trinajstić information content (AvgIpc) is 3.28. The molecule has 2 heteroatoms. The van der Waals surface area contributed by atoms with Crippen molar-refractivity contribution >= 4 is 0 Å². The topological polar surface area (TPSA) is 28.7 Å². The third-order valence-corrected chi connectivity index (χ3v) is 4.17. The minimum Gasteiger partial charge on any atom is -0.349 e. The van der Waals surface area contributed by atoms with Gasteiger partial charge in [-0.05, 0) is 25.0 Å². The molecule has 1 aromatic heterocycles. The minimum atomic E-state index is 0.484. The molecule has 0 saturated heterocycles. The second kappa shape index (κ2) is 14.9. The zero-order chi connectivity index (χ0) is 21.3. The predicted molar refractivity (Wildman–Crippen MR) is 126 cm³/mol. The zero-order valence-corrected chi connectivity index (χ0v) is 18.3. The molecule has 0 aliphatic carbocycles. The molecule has 1 heterocycles. The van der Waals surface area contributed by atoms with Crippen molar-refractivity contribution in [1.82, 2.24) is 9.97 Å². The average molecular weight is 387 g/mol. The lowest BCUT2D eigenvalue weighted by Gasteiger charge is -2.11. The first-order valence-electron chi connectivity index (χ1n) is 10.2. The number of aromatic amines is 1. The molecule has 0 atom stereocenters. The van der Waals surface area contributed by atoms with Crippen LogP contribution in [0.3, 0.4) is 0 Å². The van der Waals surface area contributed by atoms with Crippen LogP contribution in [0.1, 0.15) is 49.1 Å². The van der Waals surface area contributed by atoms with Gasteiger partial charge < -0.3 is 4.98 Å².